The standard InChI is InChI=1S/C12H20BrN3O/c1-3-10-12(13)11(16(2)15-10)6-8-7-17-5-4-9(8)14/h8-9H,3-7,14H2,1-2H3. The van der Waals surface area contributed by atoms with Gasteiger partial charge in [-0.2, -0.15) is 5.10 Å². The average Bonchev–Trinajstić information content (AvgIpc) is 2.59. The van der Waals surface area contributed by atoms with Gasteiger partial charge in [0.25, 0.3) is 0 Å². The molecule has 1 aliphatic heterocycles. The highest BCUT2D eigenvalue weighted by atomic mass is 79.9. The van der Waals surface area contributed by atoms with Gasteiger partial charge in [0.15, 0.2) is 0 Å². The largest absolute Gasteiger partial charge is 0.381 e. The molecular formula is C12H20BrN3O. The Morgan fingerprint density at radius 2 is 2.35 bits per heavy atom. The Labute approximate surface area is 111 Å². The molecule has 0 saturated carbocycles. The molecule has 4 nitrogen and oxygen atoms in total. The fraction of sp³-hybridized carbons (Fsp3) is 0.750. The summed E-state index contributed by atoms with van der Waals surface area (Å²) in [6.45, 7) is 3.68. The zero-order chi connectivity index (χ0) is 12.4. The summed E-state index contributed by atoms with van der Waals surface area (Å²) in [7, 11) is 1.99. The molecule has 1 aromatic rings. The molecule has 5 heteroatoms. The van der Waals surface area contributed by atoms with Crippen LogP contribution in [0, 0.1) is 5.92 Å². The molecule has 17 heavy (non-hydrogen) atoms. The number of rotatable bonds is 3. The van der Waals surface area contributed by atoms with E-state index in [1.165, 1.54) is 5.69 Å². The predicted molar refractivity (Wildman–Crippen MR) is 70.9 cm³/mol. The summed E-state index contributed by atoms with van der Waals surface area (Å²) in [4.78, 5) is 0. The van der Waals surface area contributed by atoms with E-state index in [1.54, 1.807) is 0 Å². The van der Waals surface area contributed by atoms with Crippen LogP contribution in [0.25, 0.3) is 0 Å². The molecule has 1 aliphatic rings. The summed E-state index contributed by atoms with van der Waals surface area (Å²) < 4.78 is 8.61. The monoisotopic (exact) mass is 301 g/mol. The molecule has 2 heterocycles. The van der Waals surface area contributed by atoms with Gasteiger partial charge in [0.2, 0.25) is 0 Å². The summed E-state index contributed by atoms with van der Waals surface area (Å²) in [6, 6.07) is 0.246. The lowest BCUT2D eigenvalue weighted by atomic mass is 9.92. The highest BCUT2D eigenvalue weighted by molar-refractivity contribution is 9.10. The highest BCUT2D eigenvalue weighted by Gasteiger charge is 2.25. The van der Waals surface area contributed by atoms with Crippen LogP contribution in [-0.2, 0) is 24.6 Å². The maximum absolute atomic E-state index is 6.14. The van der Waals surface area contributed by atoms with Gasteiger partial charge in [-0.15, -0.1) is 0 Å². The first kappa shape index (κ1) is 13.1. The van der Waals surface area contributed by atoms with Crippen molar-refractivity contribution in [2.75, 3.05) is 13.2 Å². The maximum atomic E-state index is 6.14. The maximum Gasteiger partial charge on any atom is 0.0766 e. The van der Waals surface area contributed by atoms with Gasteiger partial charge in [0.05, 0.1) is 22.5 Å². The van der Waals surface area contributed by atoms with Gasteiger partial charge in [0, 0.05) is 25.6 Å². The van der Waals surface area contributed by atoms with Crippen molar-refractivity contribution in [3.05, 3.63) is 15.9 Å². The minimum absolute atomic E-state index is 0.246. The molecule has 0 radical (unpaired) electrons. The van der Waals surface area contributed by atoms with Crippen molar-refractivity contribution in [1.82, 2.24) is 9.78 Å². The number of nitrogens with two attached hydrogens (primary N) is 1. The quantitative estimate of drug-likeness (QED) is 0.924. The van der Waals surface area contributed by atoms with Gasteiger partial charge in [-0.25, -0.2) is 0 Å². The Hall–Kier alpha value is -0.390. The molecule has 0 spiro atoms. The third-order valence-electron chi connectivity index (χ3n) is 3.49. The second kappa shape index (κ2) is 5.50. The normalized spacial score (nSPS) is 25.2. The number of aryl methyl sites for hydroxylation is 2. The van der Waals surface area contributed by atoms with E-state index in [0.717, 1.165) is 42.6 Å². The molecule has 2 unspecified atom stereocenters. The topological polar surface area (TPSA) is 53.1 Å². The summed E-state index contributed by atoms with van der Waals surface area (Å²) >= 11 is 3.64. The molecule has 0 amide bonds. The Bertz CT molecular complexity index is 391. The van der Waals surface area contributed by atoms with Crippen LogP contribution in [0.5, 0.6) is 0 Å². The predicted octanol–water partition coefficient (Wildman–Crippen LogP) is 1.65. The zero-order valence-corrected chi connectivity index (χ0v) is 12.0. The fourth-order valence-corrected chi connectivity index (χ4v) is 3.09. The van der Waals surface area contributed by atoms with E-state index < -0.39 is 0 Å². The molecule has 0 aromatic carbocycles. The van der Waals surface area contributed by atoms with Crippen molar-refractivity contribution in [3.8, 4) is 0 Å². The van der Waals surface area contributed by atoms with Gasteiger partial charge < -0.3 is 10.5 Å². The Morgan fingerprint density at radius 1 is 1.59 bits per heavy atom. The van der Waals surface area contributed by atoms with Gasteiger partial charge in [-0.3, -0.25) is 4.68 Å². The van der Waals surface area contributed by atoms with Crippen molar-refractivity contribution in [2.24, 2.45) is 18.7 Å². The van der Waals surface area contributed by atoms with Crippen LogP contribution >= 0.6 is 15.9 Å². The van der Waals surface area contributed by atoms with Crippen LogP contribution in [0.15, 0.2) is 4.47 Å². The van der Waals surface area contributed by atoms with Crippen LogP contribution < -0.4 is 5.73 Å². The lowest BCUT2D eigenvalue weighted by molar-refractivity contribution is 0.0415. The van der Waals surface area contributed by atoms with E-state index in [1.807, 2.05) is 11.7 Å². The number of hydrogen-bond donors (Lipinski definition) is 1. The third kappa shape index (κ3) is 2.72. The van der Waals surface area contributed by atoms with E-state index >= 15 is 0 Å². The minimum Gasteiger partial charge on any atom is -0.381 e. The minimum atomic E-state index is 0.246. The van der Waals surface area contributed by atoms with Crippen LogP contribution in [0.4, 0.5) is 0 Å². The van der Waals surface area contributed by atoms with Gasteiger partial charge >= 0.3 is 0 Å². The van der Waals surface area contributed by atoms with Crippen LogP contribution in [0.2, 0.25) is 0 Å². The Kier molecular flexibility index (Phi) is 4.22. The molecule has 2 atom stereocenters. The molecular weight excluding hydrogens is 282 g/mol. The first-order chi connectivity index (χ1) is 8.13. The fourth-order valence-electron chi connectivity index (χ4n) is 2.31. The van der Waals surface area contributed by atoms with Crippen molar-refractivity contribution in [2.45, 2.75) is 32.2 Å². The summed E-state index contributed by atoms with van der Waals surface area (Å²) in [5.41, 5.74) is 8.49. The second-order valence-electron chi connectivity index (χ2n) is 4.68. The smallest absolute Gasteiger partial charge is 0.0766 e. The van der Waals surface area contributed by atoms with Crippen molar-refractivity contribution < 1.29 is 4.74 Å². The highest BCUT2D eigenvalue weighted by Crippen LogP contribution is 2.26. The summed E-state index contributed by atoms with van der Waals surface area (Å²) in [6.07, 6.45) is 2.84. The van der Waals surface area contributed by atoms with E-state index in [-0.39, 0.29) is 6.04 Å². The third-order valence-corrected chi connectivity index (χ3v) is 4.41. The Morgan fingerprint density at radius 3 is 2.94 bits per heavy atom. The lowest BCUT2D eigenvalue weighted by Gasteiger charge is -2.28. The van der Waals surface area contributed by atoms with Gasteiger partial charge in [-0.05, 0) is 35.2 Å². The first-order valence-electron chi connectivity index (χ1n) is 6.17. The summed E-state index contributed by atoms with van der Waals surface area (Å²) in [5, 5.41) is 4.51. The molecule has 0 bridgehead atoms. The van der Waals surface area contributed by atoms with E-state index in [2.05, 4.69) is 28.0 Å². The van der Waals surface area contributed by atoms with Crippen molar-refractivity contribution in [1.29, 1.82) is 0 Å². The molecule has 96 valence electrons. The summed E-state index contributed by atoms with van der Waals surface area (Å²) in [5.74, 6) is 0.403. The van der Waals surface area contributed by atoms with Crippen molar-refractivity contribution >= 4 is 15.9 Å². The van der Waals surface area contributed by atoms with E-state index in [9.17, 15) is 0 Å². The zero-order valence-electron chi connectivity index (χ0n) is 10.4. The number of ether oxygens (including phenoxy) is 1. The molecule has 2 N–H and O–H groups in total. The molecule has 1 saturated heterocycles. The number of hydrogen-bond acceptors (Lipinski definition) is 3. The van der Waals surface area contributed by atoms with Gasteiger partial charge in [-0.1, -0.05) is 6.92 Å². The molecule has 0 aliphatic carbocycles. The van der Waals surface area contributed by atoms with Gasteiger partial charge in [0.1, 0.15) is 0 Å². The second-order valence-corrected chi connectivity index (χ2v) is 5.47. The number of halogens is 1. The van der Waals surface area contributed by atoms with Crippen LogP contribution in [0.1, 0.15) is 24.7 Å². The molecule has 1 fully saturated rings. The first-order valence-corrected chi connectivity index (χ1v) is 6.96. The lowest BCUT2D eigenvalue weighted by Crippen LogP contribution is -2.40. The van der Waals surface area contributed by atoms with E-state index in [4.69, 9.17) is 10.5 Å². The number of aromatic nitrogens is 2. The van der Waals surface area contributed by atoms with Crippen LogP contribution in [-0.4, -0.2) is 29.0 Å². The molecule has 2 rings (SSSR count). The number of nitrogens with zero attached hydrogens (tertiary/aromatic N) is 2. The SMILES string of the molecule is CCc1nn(C)c(CC2COCCC2N)c1Br. The van der Waals surface area contributed by atoms with Crippen molar-refractivity contribution in [3.63, 3.8) is 0 Å². The van der Waals surface area contributed by atoms with E-state index in [0.29, 0.717) is 5.92 Å². The molecule has 1 aromatic heterocycles. The van der Waals surface area contributed by atoms with Crippen LogP contribution in [0.3, 0.4) is 0 Å². The Balaban J connectivity index is 2.14. The average molecular weight is 302 g/mol.